The molecule has 0 heterocycles. The molecule has 2 nitrogen and oxygen atoms in total. The Balaban J connectivity index is 2.48. The highest BCUT2D eigenvalue weighted by atomic mass is 32.2. The van der Waals surface area contributed by atoms with Crippen molar-refractivity contribution in [3.63, 3.8) is 0 Å². The van der Waals surface area contributed by atoms with Gasteiger partial charge >= 0.3 is 0 Å². The summed E-state index contributed by atoms with van der Waals surface area (Å²) in [6.07, 6.45) is 4.58. The lowest BCUT2D eigenvalue weighted by atomic mass is 10.1. The van der Waals surface area contributed by atoms with E-state index in [1.165, 1.54) is 17.8 Å². The first-order valence-electron chi connectivity index (χ1n) is 5.42. The molecule has 0 bridgehead atoms. The third kappa shape index (κ3) is 5.15. The van der Waals surface area contributed by atoms with Crippen molar-refractivity contribution in [2.45, 2.75) is 19.9 Å². The van der Waals surface area contributed by atoms with Gasteiger partial charge < -0.3 is 5.73 Å². The van der Waals surface area contributed by atoms with Crippen molar-refractivity contribution in [1.29, 1.82) is 0 Å². The highest BCUT2D eigenvalue weighted by Crippen LogP contribution is 2.12. The van der Waals surface area contributed by atoms with Gasteiger partial charge in [-0.15, -0.1) is 0 Å². The molecule has 0 aliphatic rings. The van der Waals surface area contributed by atoms with Gasteiger partial charge in [0.2, 0.25) is 0 Å². The van der Waals surface area contributed by atoms with Gasteiger partial charge in [-0.3, -0.25) is 4.79 Å². The Labute approximate surface area is 105 Å². The Kier molecular flexibility index (Phi) is 5.94. The summed E-state index contributed by atoms with van der Waals surface area (Å²) in [6, 6.07) is 5.00. The van der Waals surface area contributed by atoms with Crippen molar-refractivity contribution in [2.24, 2.45) is 5.73 Å². The lowest BCUT2D eigenvalue weighted by Crippen LogP contribution is -1.99. The van der Waals surface area contributed by atoms with E-state index in [9.17, 15) is 9.18 Å². The van der Waals surface area contributed by atoms with Crippen LogP contribution in [0.5, 0.6) is 0 Å². The molecule has 0 radical (unpaired) electrons. The second kappa shape index (κ2) is 7.25. The summed E-state index contributed by atoms with van der Waals surface area (Å²) >= 11 is 1.29. The maximum absolute atomic E-state index is 13.4. The fourth-order valence-corrected chi connectivity index (χ4v) is 1.86. The molecule has 92 valence electrons. The molecule has 4 heteroatoms. The van der Waals surface area contributed by atoms with E-state index in [1.54, 1.807) is 13.0 Å². The van der Waals surface area contributed by atoms with Gasteiger partial charge in [-0.05, 0) is 18.1 Å². The number of hydrogen-bond donors (Lipinski definition) is 1. The summed E-state index contributed by atoms with van der Waals surface area (Å²) in [7, 11) is 0. The average molecular weight is 253 g/mol. The second-order valence-corrected chi connectivity index (χ2v) is 4.86. The van der Waals surface area contributed by atoms with Crippen LogP contribution >= 0.6 is 11.8 Å². The van der Waals surface area contributed by atoms with Gasteiger partial charge in [0.15, 0.2) is 5.12 Å². The third-order valence-electron chi connectivity index (χ3n) is 2.20. The minimum atomic E-state index is -0.271. The lowest BCUT2D eigenvalue weighted by Gasteiger charge is -2.00. The zero-order chi connectivity index (χ0) is 12.7. The zero-order valence-electron chi connectivity index (χ0n) is 9.78. The molecular formula is C13H16FNOS. The van der Waals surface area contributed by atoms with E-state index in [1.807, 2.05) is 18.2 Å². The summed E-state index contributed by atoms with van der Waals surface area (Å²) in [4.78, 5) is 10.7. The Hall–Kier alpha value is -1.13. The van der Waals surface area contributed by atoms with Gasteiger partial charge in [-0.1, -0.05) is 36.0 Å². The van der Waals surface area contributed by atoms with Crippen molar-refractivity contribution in [2.75, 3.05) is 5.75 Å². The van der Waals surface area contributed by atoms with E-state index in [-0.39, 0.29) is 17.5 Å². The maximum Gasteiger partial charge on any atom is 0.185 e. The minimum absolute atomic E-state index is 0.122. The number of carbonyl (C=O) groups is 1. The first kappa shape index (κ1) is 13.9. The number of carbonyl (C=O) groups excluding carboxylic acids is 1. The number of hydrogen-bond acceptors (Lipinski definition) is 3. The van der Waals surface area contributed by atoms with Crippen molar-refractivity contribution in [1.82, 2.24) is 0 Å². The molecule has 0 saturated heterocycles. The van der Waals surface area contributed by atoms with Crippen molar-refractivity contribution < 1.29 is 9.18 Å². The summed E-state index contributed by atoms with van der Waals surface area (Å²) in [6.45, 7) is 1.76. The molecular weight excluding hydrogens is 237 g/mol. The lowest BCUT2D eigenvalue weighted by molar-refractivity contribution is -0.109. The van der Waals surface area contributed by atoms with Crippen LogP contribution in [0, 0.1) is 5.82 Å². The molecule has 1 aromatic rings. The summed E-state index contributed by atoms with van der Waals surface area (Å²) in [5.74, 6) is 0.489. The fourth-order valence-electron chi connectivity index (χ4n) is 1.32. The predicted molar refractivity (Wildman–Crippen MR) is 71.1 cm³/mol. The predicted octanol–water partition coefficient (Wildman–Crippen LogP) is 2.97. The molecule has 0 aromatic heterocycles. The number of thioether (sulfide) groups is 1. The summed E-state index contributed by atoms with van der Waals surface area (Å²) in [5.41, 5.74) is 6.71. The van der Waals surface area contributed by atoms with Crippen LogP contribution in [0.3, 0.4) is 0 Å². The summed E-state index contributed by atoms with van der Waals surface area (Å²) < 4.78 is 13.4. The molecule has 0 unspecified atom stereocenters. The van der Waals surface area contributed by atoms with Crippen LogP contribution in [0.1, 0.15) is 24.5 Å². The molecule has 0 amide bonds. The van der Waals surface area contributed by atoms with Gasteiger partial charge in [0.05, 0.1) is 0 Å². The quantitative estimate of drug-likeness (QED) is 0.820. The molecule has 0 fully saturated rings. The standard InChI is InChI=1S/C13H16FNOS/c1-10(16)17-7-3-2-4-11-5-6-12(9-15)13(14)8-11/h2,4-6,8H,3,7,9,15H2,1H3. The van der Waals surface area contributed by atoms with Crippen LogP contribution in [0.25, 0.3) is 6.08 Å². The Bertz CT molecular complexity index is 418. The number of nitrogens with two attached hydrogens (primary N) is 1. The van der Waals surface area contributed by atoms with E-state index in [4.69, 9.17) is 5.73 Å². The van der Waals surface area contributed by atoms with Crippen LogP contribution in [0.15, 0.2) is 24.3 Å². The van der Waals surface area contributed by atoms with Gasteiger partial charge in [-0.2, -0.15) is 0 Å². The monoisotopic (exact) mass is 253 g/mol. The fraction of sp³-hybridized carbons (Fsp3) is 0.308. The number of benzene rings is 1. The zero-order valence-corrected chi connectivity index (χ0v) is 10.6. The molecule has 0 saturated carbocycles. The van der Waals surface area contributed by atoms with Crippen LogP contribution in [0.2, 0.25) is 0 Å². The number of allylic oxidation sites excluding steroid dienone is 1. The molecule has 2 N–H and O–H groups in total. The largest absolute Gasteiger partial charge is 0.326 e. The molecule has 1 aromatic carbocycles. The molecule has 0 spiro atoms. The highest BCUT2D eigenvalue weighted by Gasteiger charge is 1.99. The maximum atomic E-state index is 13.4. The van der Waals surface area contributed by atoms with Crippen molar-refractivity contribution in [3.05, 3.63) is 41.2 Å². The molecule has 0 aliphatic carbocycles. The third-order valence-corrected chi connectivity index (χ3v) is 3.04. The Morgan fingerprint density at radius 3 is 2.88 bits per heavy atom. The molecule has 0 aliphatic heterocycles. The average Bonchev–Trinajstić information content (AvgIpc) is 2.28. The highest BCUT2D eigenvalue weighted by molar-refractivity contribution is 8.13. The topological polar surface area (TPSA) is 43.1 Å². The minimum Gasteiger partial charge on any atom is -0.326 e. The van der Waals surface area contributed by atoms with Crippen molar-refractivity contribution >= 4 is 23.0 Å². The van der Waals surface area contributed by atoms with Crippen LogP contribution < -0.4 is 5.73 Å². The summed E-state index contributed by atoms with van der Waals surface area (Å²) in [5, 5.41) is 0.122. The van der Waals surface area contributed by atoms with Gasteiger partial charge in [-0.25, -0.2) is 4.39 Å². The molecule has 0 atom stereocenters. The van der Waals surface area contributed by atoms with E-state index >= 15 is 0 Å². The van der Waals surface area contributed by atoms with E-state index in [2.05, 4.69) is 0 Å². The smallest absolute Gasteiger partial charge is 0.185 e. The van der Waals surface area contributed by atoms with Crippen LogP contribution in [-0.2, 0) is 11.3 Å². The Morgan fingerprint density at radius 1 is 1.53 bits per heavy atom. The first-order chi connectivity index (χ1) is 8.13. The number of halogens is 1. The Morgan fingerprint density at radius 2 is 2.29 bits per heavy atom. The first-order valence-corrected chi connectivity index (χ1v) is 6.40. The van der Waals surface area contributed by atoms with E-state index < -0.39 is 0 Å². The van der Waals surface area contributed by atoms with Crippen LogP contribution in [0.4, 0.5) is 4.39 Å². The molecule has 1 rings (SSSR count). The molecule has 17 heavy (non-hydrogen) atoms. The van der Waals surface area contributed by atoms with Crippen molar-refractivity contribution in [3.8, 4) is 0 Å². The van der Waals surface area contributed by atoms with Gasteiger partial charge in [0, 0.05) is 24.8 Å². The van der Waals surface area contributed by atoms with E-state index in [0.717, 1.165) is 17.7 Å². The normalized spacial score (nSPS) is 11.0. The van der Waals surface area contributed by atoms with Gasteiger partial charge in [0.1, 0.15) is 5.82 Å². The second-order valence-electron chi connectivity index (χ2n) is 3.59. The number of rotatable bonds is 5. The SMILES string of the molecule is CC(=O)SCCC=Cc1ccc(CN)c(F)c1. The van der Waals surface area contributed by atoms with Crippen LogP contribution in [-0.4, -0.2) is 10.9 Å². The van der Waals surface area contributed by atoms with Gasteiger partial charge in [0.25, 0.3) is 0 Å². The van der Waals surface area contributed by atoms with E-state index in [0.29, 0.717) is 5.56 Å².